The molecule has 0 aliphatic heterocycles. The van der Waals surface area contributed by atoms with Crippen molar-refractivity contribution < 1.29 is 17.9 Å². The normalized spacial score (nSPS) is 11.9. The molecule has 0 radical (unpaired) electrons. The Labute approximate surface area is 172 Å². The molecule has 148 valence electrons. The van der Waals surface area contributed by atoms with Crippen molar-refractivity contribution in [2.45, 2.75) is 30.0 Å². The van der Waals surface area contributed by atoms with Crippen molar-refractivity contribution in [1.82, 2.24) is 8.69 Å². The van der Waals surface area contributed by atoms with Gasteiger partial charge in [-0.05, 0) is 49.2 Å². The third kappa shape index (κ3) is 3.93. The standard InChI is InChI=1S/C19H20N2O4S3/c1-5-21(27-19-20-16-8-6-7-9-17(16)26-19)28(23,24)14-10-12(2)13(3)15(11-14)18(22)25-4/h6-11H,5H2,1-4H3. The van der Waals surface area contributed by atoms with Crippen LogP contribution < -0.4 is 0 Å². The molecule has 0 aliphatic carbocycles. The van der Waals surface area contributed by atoms with Gasteiger partial charge in [0, 0.05) is 18.5 Å². The Bertz CT molecular complexity index is 1110. The van der Waals surface area contributed by atoms with Crippen molar-refractivity contribution >= 4 is 49.5 Å². The number of ether oxygens (including phenoxy) is 1. The highest BCUT2D eigenvalue weighted by Gasteiger charge is 2.28. The summed E-state index contributed by atoms with van der Waals surface area (Å²) in [5.41, 5.74) is 2.50. The van der Waals surface area contributed by atoms with E-state index < -0.39 is 16.0 Å². The number of methoxy groups -OCH3 is 1. The number of para-hydroxylation sites is 1. The van der Waals surface area contributed by atoms with Crippen molar-refractivity contribution in [2.24, 2.45) is 0 Å². The Morgan fingerprint density at radius 1 is 1.25 bits per heavy atom. The van der Waals surface area contributed by atoms with Crippen LogP contribution in [0.2, 0.25) is 0 Å². The van der Waals surface area contributed by atoms with E-state index in [2.05, 4.69) is 4.98 Å². The molecule has 0 bridgehead atoms. The quantitative estimate of drug-likeness (QED) is 0.421. The molecule has 0 atom stereocenters. The molecule has 0 saturated carbocycles. The number of esters is 1. The van der Waals surface area contributed by atoms with Crippen LogP contribution in [-0.2, 0) is 14.8 Å². The molecule has 0 unspecified atom stereocenters. The molecule has 0 aliphatic rings. The minimum absolute atomic E-state index is 0.0615. The number of nitrogens with zero attached hydrogens (tertiary/aromatic N) is 2. The smallest absolute Gasteiger partial charge is 0.338 e. The van der Waals surface area contributed by atoms with Crippen molar-refractivity contribution in [3.63, 3.8) is 0 Å². The molecule has 6 nitrogen and oxygen atoms in total. The summed E-state index contributed by atoms with van der Waals surface area (Å²) in [5, 5.41) is 0. The zero-order valence-corrected chi connectivity index (χ0v) is 18.4. The lowest BCUT2D eigenvalue weighted by Crippen LogP contribution is -2.25. The Kier molecular flexibility index (Phi) is 6.09. The van der Waals surface area contributed by atoms with Gasteiger partial charge in [0.1, 0.15) is 0 Å². The van der Waals surface area contributed by atoms with Crippen LogP contribution in [0.4, 0.5) is 0 Å². The van der Waals surface area contributed by atoms with Crippen LogP contribution in [0, 0.1) is 13.8 Å². The number of benzene rings is 2. The summed E-state index contributed by atoms with van der Waals surface area (Å²) < 4.78 is 34.2. The zero-order chi connectivity index (χ0) is 20.5. The highest BCUT2D eigenvalue weighted by Crippen LogP contribution is 2.35. The SMILES string of the molecule is CCN(Sc1nc2ccccc2s1)S(=O)(=O)c1cc(C)c(C)c(C(=O)OC)c1. The van der Waals surface area contributed by atoms with Crippen LogP contribution in [-0.4, -0.2) is 36.7 Å². The molecule has 0 N–H and O–H groups in total. The molecule has 3 rings (SSSR count). The predicted octanol–water partition coefficient (Wildman–Crippen LogP) is 4.42. The lowest BCUT2D eigenvalue weighted by Gasteiger charge is -2.19. The molecule has 1 aromatic heterocycles. The fourth-order valence-electron chi connectivity index (χ4n) is 2.68. The molecule has 3 aromatic rings. The Morgan fingerprint density at radius 2 is 1.96 bits per heavy atom. The van der Waals surface area contributed by atoms with E-state index in [-0.39, 0.29) is 17.0 Å². The maximum absolute atomic E-state index is 13.2. The van der Waals surface area contributed by atoms with Gasteiger partial charge in [-0.2, -0.15) is 0 Å². The summed E-state index contributed by atoms with van der Waals surface area (Å²) in [6, 6.07) is 10.6. The van der Waals surface area contributed by atoms with Crippen molar-refractivity contribution in [2.75, 3.05) is 13.7 Å². The largest absolute Gasteiger partial charge is 0.465 e. The molecule has 0 spiro atoms. The van der Waals surface area contributed by atoms with Gasteiger partial charge in [0.05, 0.1) is 27.8 Å². The maximum atomic E-state index is 13.2. The molecule has 28 heavy (non-hydrogen) atoms. The van der Waals surface area contributed by atoms with E-state index in [1.54, 1.807) is 26.8 Å². The van der Waals surface area contributed by atoms with Gasteiger partial charge >= 0.3 is 5.97 Å². The summed E-state index contributed by atoms with van der Waals surface area (Å²) in [6.07, 6.45) is 0. The van der Waals surface area contributed by atoms with Gasteiger partial charge in [-0.15, -0.1) is 15.0 Å². The molecule has 0 saturated heterocycles. The van der Waals surface area contributed by atoms with E-state index in [4.69, 9.17) is 4.74 Å². The van der Waals surface area contributed by atoms with Gasteiger partial charge in [-0.3, -0.25) is 0 Å². The molecule has 2 aromatic carbocycles. The average Bonchev–Trinajstić information content (AvgIpc) is 3.09. The van der Waals surface area contributed by atoms with E-state index in [9.17, 15) is 13.2 Å². The van der Waals surface area contributed by atoms with Crippen LogP contribution in [0.15, 0.2) is 45.6 Å². The van der Waals surface area contributed by atoms with Gasteiger partial charge in [-0.25, -0.2) is 18.2 Å². The summed E-state index contributed by atoms with van der Waals surface area (Å²) in [6.45, 7) is 5.56. The van der Waals surface area contributed by atoms with E-state index in [1.165, 1.54) is 28.2 Å². The second-order valence-corrected chi connectivity index (χ2v) is 10.5. The van der Waals surface area contributed by atoms with Gasteiger partial charge in [0.25, 0.3) is 10.0 Å². The fourth-order valence-corrected chi connectivity index (χ4v) is 6.67. The maximum Gasteiger partial charge on any atom is 0.338 e. The van der Waals surface area contributed by atoms with Crippen LogP contribution >= 0.6 is 23.3 Å². The topological polar surface area (TPSA) is 76.6 Å². The van der Waals surface area contributed by atoms with Crippen LogP contribution in [0.25, 0.3) is 10.2 Å². The molecular formula is C19H20N2O4S3. The number of rotatable bonds is 6. The number of aryl methyl sites for hydroxylation is 1. The first kappa shape index (κ1) is 20.8. The number of hydrogen-bond donors (Lipinski definition) is 0. The number of aromatic nitrogens is 1. The summed E-state index contributed by atoms with van der Waals surface area (Å²) >= 11 is 2.52. The third-order valence-electron chi connectivity index (χ3n) is 4.32. The first-order valence-corrected chi connectivity index (χ1v) is 11.6. The van der Waals surface area contributed by atoms with Crippen LogP contribution in [0.3, 0.4) is 0 Å². The lowest BCUT2D eigenvalue weighted by atomic mass is 10.0. The Hall–Kier alpha value is -1.94. The van der Waals surface area contributed by atoms with Crippen LogP contribution in [0.1, 0.15) is 28.4 Å². The summed E-state index contributed by atoms with van der Waals surface area (Å²) in [4.78, 5) is 16.6. The zero-order valence-electron chi connectivity index (χ0n) is 15.9. The van der Waals surface area contributed by atoms with E-state index in [0.717, 1.165) is 22.2 Å². The fraction of sp³-hybridized carbons (Fsp3) is 0.263. The summed E-state index contributed by atoms with van der Waals surface area (Å²) in [5.74, 6) is -0.556. The number of fused-ring (bicyclic) bond motifs is 1. The van der Waals surface area contributed by atoms with E-state index in [1.807, 2.05) is 24.3 Å². The number of hydrogen-bond acceptors (Lipinski definition) is 7. The third-order valence-corrected chi connectivity index (χ3v) is 8.78. The molecule has 0 fully saturated rings. The first-order valence-electron chi connectivity index (χ1n) is 8.53. The first-order chi connectivity index (χ1) is 13.3. The average molecular weight is 437 g/mol. The van der Waals surface area contributed by atoms with Gasteiger partial charge in [0.2, 0.25) is 0 Å². The number of carbonyl (C=O) groups is 1. The molecule has 1 heterocycles. The minimum Gasteiger partial charge on any atom is -0.465 e. The Morgan fingerprint density at radius 3 is 2.61 bits per heavy atom. The monoisotopic (exact) mass is 436 g/mol. The highest BCUT2D eigenvalue weighted by atomic mass is 32.3. The number of carbonyl (C=O) groups excluding carboxylic acids is 1. The van der Waals surface area contributed by atoms with Crippen molar-refractivity contribution in [3.8, 4) is 0 Å². The van der Waals surface area contributed by atoms with Gasteiger partial charge in [-0.1, -0.05) is 19.1 Å². The summed E-state index contributed by atoms with van der Waals surface area (Å²) in [7, 11) is -2.56. The molecule has 0 amide bonds. The van der Waals surface area contributed by atoms with Crippen molar-refractivity contribution in [1.29, 1.82) is 0 Å². The number of thiazole rings is 1. The molecular weight excluding hydrogens is 416 g/mol. The minimum atomic E-state index is -3.84. The van der Waals surface area contributed by atoms with Gasteiger partial charge < -0.3 is 4.74 Å². The second kappa shape index (κ2) is 8.20. The predicted molar refractivity (Wildman–Crippen MR) is 112 cm³/mol. The molecule has 9 heteroatoms. The van der Waals surface area contributed by atoms with Crippen molar-refractivity contribution in [3.05, 3.63) is 53.1 Å². The lowest BCUT2D eigenvalue weighted by molar-refractivity contribution is 0.0599. The van der Waals surface area contributed by atoms with Gasteiger partial charge in [0.15, 0.2) is 4.34 Å². The van der Waals surface area contributed by atoms with E-state index in [0.29, 0.717) is 15.5 Å². The van der Waals surface area contributed by atoms with Crippen LogP contribution in [0.5, 0.6) is 0 Å². The van der Waals surface area contributed by atoms with E-state index >= 15 is 0 Å². The second-order valence-electron chi connectivity index (χ2n) is 6.07. The number of sulfonamides is 1. The Balaban J connectivity index is 1.99. The highest BCUT2D eigenvalue weighted by molar-refractivity contribution is 8.09.